The first-order valence-electron chi connectivity index (χ1n) is 13.8. The number of benzene rings is 2. The lowest BCUT2D eigenvalue weighted by molar-refractivity contribution is -0.155. The van der Waals surface area contributed by atoms with Crippen LogP contribution in [0.15, 0.2) is 67.8 Å². The normalized spacial score (nSPS) is 29.3. The second kappa shape index (κ2) is 11.5. The monoisotopic (exact) mass is 610 g/mol. The van der Waals surface area contributed by atoms with Crippen molar-refractivity contribution in [1.29, 1.82) is 0 Å². The molecule has 3 fully saturated rings. The highest BCUT2D eigenvalue weighted by Gasteiger charge is 2.77. The van der Waals surface area contributed by atoms with E-state index >= 15 is 0 Å². The Hall–Kier alpha value is -3.01. The van der Waals surface area contributed by atoms with E-state index in [2.05, 4.69) is 29.1 Å². The summed E-state index contributed by atoms with van der Waals surface area (Å²) in [6.45, 7) is 9.44. The topological polar surface area (TPSA) is 96.4 Å². The summed E-state index contributed by atoms with van der Waals surface area (Å²) in [6, 6.07) is 12.0. The van der Waals surface area contributed by atoms with Crippen molar-refractivity contribution in [2.24, 2.45) is 11.8 Å². The molecule has 1 N–H and O–H groups in total. The van der Waals surface area contributed by atoms with E-state index in [-0.39, 0.29) is 36.4 Å². The molecule has 3 aliphatic heterocycles. The molecular formula is C31H35BrN2O6. The summed E-state index contributed by atoms with van der Waals surface area (Å²) < 4.78 is 12.1. The van der Waals surface area contributed by atoms with Crippen molar-refractivity contribution in [2.45, 2.75) is 54.8 Å². The fraction of sp³-hybridized carbons (Fsp3) is 0.452. The summed E-state index contributed by atoms with van der Waals surface area (Å²) in [5.41, 5.74) is -0.579. The summed E-state index contributed by atoms with van der Waals surface area (Å²) in [5.74, 6) is -2.96. The number of likely N-dealkylation sites (tertiary alicyclic amines) is 1. The number of aliphatic hydroxyl groups is 1. The third-order valence-corrected chi connectivity index (χ3v) is 9.34. The predicted octanol–water partition coefficient (Wildman–Crippen LogP) is 4.00. The Labute approximate surface area is 242 Å². The van der Waals surface area contributed by atoms with Crippen LogP contribution in [0.5, 0.6) is 0 Å². The lowest BCUT2D eigenvalue weighted by atomic mass is 9.70. The summed E-state index contributed by atoms with van der Waals surface area (Å²) in [6.07, 6.45) is 3.99. The molecular weight excluding hydrogens is 576 g/mol. The molecule has 0 saturated carbocycles. The number of carbonyl (C=O) groups excluding carboxylic acids is 3. The smallest absolute Gasteiger partial charge is 0.312 e. The summed E-state index contributed by atoms with van der Waals surface area (Å²) in [7, 11) is 0. The zero-order valence-electron chi connectivity index (χ0n) is 22.6. The van der Waals surface area contributed by atoms with Crippen LogP contribution in [0.1, 0.15) is 26.2 Å². The zero-order chi connectivity index (χ0) is 28.6. The minimum absolute atomic E-state index is 0.155. The fourth-order valence-corrected chi connectivity index (χ4v) is 7.65. The van der Waals surface area contributed by atoms with Gasteiger partial charge in [0.1, 0.15) is 11.6 Å². The number of nitrogens with zero attached hydrogens (tertiary/aromatic N) is 2. The number of hydrogen-bond acceptors (Lipinski definition) is 6. The van der Waals surface area contributed by atoms with Crippen molar-refractivity contribution < 1.29 is 29.0 Å². The fourth-order valence-electron chi connectivity index (χ4n) is 6.71. The predicted molar refractivity (Wildman–Crippen MR) is 156 cm³/mol. The Morgan fingerprint density at radius 1 is 1.25 bits per heavy atom. The van der Waals surface area contributed by atoms with Crippen molar-refractivity contribution in [2.75, 3.05) is 24.7 Å². The van der Waals surface area contributed by atoms with E-state index in [4.69, 9.17) is 9.47 Å². The number of aliphatic hydroxyl groups excluding tert-OH is 1. The Morgan fingerprint density at radius 3 is 2.67 bits per heavy atom. The van der Waals surface area contributed by atoms with Gasteiger partial charge in [-0.1, -0.05) is 65.3 Å². The van der Waals surface area contributed by atoms with Crippen LogP contribution in [-0.2, 0) is 23.9 Å². The average Bonchev–Trinajstić information content (AvgIpc) is 3.55. The molecule has 3 saturated heterocycles. The standard InChI is InChI=1S/C31H35BrN2O6/c1-4-7-15-39-30(38)24-25-28(36)34(21(6-3)18-35)27(31(25)17-23(32)26(24)40-31)29(37)33(14-5-2)22-13-12-19-10-8-9-11-20(19)16-22/h4-5,8-13,16,21,23-27,35H,1-2,6-7,14-15,17-18H2,3H3/t21-,23?,24+,25-,26+,27?,31?/m0/s1. The van der Waals surface area contributed by atoms with Gasteiger partial charge < -0.3 is 24.4 Å². The quantitative estimate of drug-likeness (QED) is 0.179. The van der Waals surface area contributed by atoms with Gasteiger partial charge in [-0.15, -0.1) is 13.2 Å². The molecule has 3 aliphatic rings. The highest BCUT2D eigenvalue weighted by molar-refractivity contribution is 9.09. The maximum atomic E-state index is 14.7. The number of amides is 2. The minimum atomic E-state index is -1.24. The van der Waals surface area contributed by atoms with Crippen molar-refractivity contribution in [3.8, 4) is 0 Å². The van der Waals surface area contributed by atoms with Crippen molar-refractivity contribution in [1.82, 2.24) is 4.90 Å². The first kappa shape index (κ1) is 28.5. The van der Waals surface area contributed by atoms with Gasteiger partial charge in [0.05, 0.1) is 37.2 Å². The molecule has 3 unspecified atom stereocenters. The number of halogens is 1. The van der Waals surface area contributed by atoms with Crippen LogP contribution in [0.2, 0.25) is 0 Å². The molecule has 2 amide bonds. The summed E-state index contributed by atoms with van der Waals surface area (Å²) in [4.78, 5) is 45.0. The molecule has 0 radical (unpaired) electrons. The Morgan fingerprint density at radius 2 is 2.00 bits per heavy atom. The molecule has 1 spiro atoms. The van der Waals surface area contributed by atoms with Crippen LogP contribution in [0, 0.1) is 11.8 Å². The molecule has 0 aliphatic carbocycles. The van der Waals surface area contributed by atoms with Gasteiger partial charge in [0.15, 0.2) is 0 Å². The van der Waals surface area contributed by atoms with E-state index in [1.165, 1.54) is 4.90 Å². The molecule has 2 aromatic rings. The van der Waals surface area contributed by atoms with Crippen LogP contribution < -0.4 is 4.90 Å². The molecule has 9 heteroatoms. The maximum absolute atomic E-state index is 14.7. The van der Waals surface area contributed by atoms with Gasteiger partial charge in [-0.05, 0) is 42.2 Å². The molecule has 0 aromatic heterocycles. The molecule has 2 bridgehead atoms. The molecule has 3 heterocycles. The molecule has 212 valence electrons. The largest absolute Gasteiger partial charge is 0.465 e. The first-order valence-corrected chi connectivity index (χ1v) is 14.7. The number of carbonyl (C=O) groups is 3. The lowest BCUT2D eigenvalue weighted by Gasteiger charge is -2.39. The molecule has 40 heavy (non-hydrogen) atoms. The van der Waals surface area contributed by atoms with E-state index in [1.54, 1.807) is 17.1 Å². The van der Waals surface area contributed by atoms with Gasteiger partial charge in [-0.25, -0.2) is 0 Å². The minimum Gasteiger partial charge on any atom is -0.465 e. The lowest BCUT2D eigenvalue weighted by Crippen LogP contribution is -2.59. The van der Waals surface area contributed by atoms with Gasteiger partial charge in [0.2, 0.25) is 5.91 Å². The summed E-state index contributed by atoms with van der Waals surface area (Å²) >= 11 is 3.68. The summed E-state index contributed by atoms with van der Waals surface area (Å²) in [5, 5.41) is 12.3. The van der Waals surface area contributed by atoms with Gasteiger partial charge >= 0.3 is 5.97 Å². The third kappa shape index (κ3) is 4.48. The van der Waals surface area contributed by atoms with Crippen LogP contribution in [0.4, 0.5) is 5.69 Å². The second-order valence-corrected chi connectivity index (χ2v) is 11.8. The zero-order valence-corrected chi connectivity index (χ0v) is 24.2. The second-order valence-electron chi connectivity index (χ2n) is 10.7. The third-order valence-electron chi connectivity index (χ3n) is 8.50. The van der Waals surface area contributed by atoms with E-state index in [0.29, 0.717) is 24.9 Å². The number of ether oxygens (including phenoxy) is 2. The maximum Gasteiger partial charge on any atom is 0.312 e. The molecule has 5 rings (SSSR count). The Bertz CT molecular complexity index is 1330. The van der Waals surface area contributed by atoms with Crippen molar-refractivity contribution >= 4 is 50.2 Å². The molecule has 8 nitrogen and oxygen atoms in total. The average molecular weight is 612 g/mol. The highest BCUT2D eigenvalue weighted by Crippen LogP contribution is 2.61. The number of hydrogen-bond donors (Lipinski definition) is 1. The van der Waals surface area contributed by atoms with Gasteiger partial charge in [-0.3, -0.25) is 14.4 Å². The number of anilines is 1. The number of rotatable bonds is 11. The van der Waals surface area contributed by atoms with Crippen LogP contribution >= 0.6 is 15.9 Å². The Balaban J connectivity index is 1.59. The molecule has 7 atom stereocenters. The molecule has 2 aromatic carbocycles. The van der Waals surface area contributed by atoms with E-state index in [0.717, 1.165) is 10.8 Å². The number of fused-ring (bicyclic) bond motifs is 2. The number of alkyl halides is 1. The first-order chi connectivity index (χ1) is 19.3. The SMILES string of the molecule is C=CCCOC(=O)[C@H]1[C@@H]2OC3(CC2Br)C(C(=O)N(CC=C)c2ccc4ccccc4c2)N([C@@H](CC)CO)C(=O)[C@H]13. The van der Waals surface area contributed by atoms with Crippen LogP contribution in [0.25, 0.3) is 10.8 Å². The Kier molecular flexibility index (Phi) is 8.17. The number of esters is 1. The van der Waals surface area contributed by atoms with Gasteiger partial charge in [0, 0.05) is 17.1 Å². The van der Waals surface area contributed by atoms with Crippen LogP contribution in [0.3, 0.4) is 0 Å². The highest BCUT2D eigenvalue weighted by atomic mass is 79.9. The van der Waals surface area contributed by atoms with Crippen molar-refractivity contribution in [3.05, 3.63) is 67.8 Å². The van der Waals surface area contributed by atoms with E-state index < -0.39 is 41.6 Å². The van der Waals surface area contributed by atoms with Crippen LogP contribution in [-0.4, -0.2) is 76.2 Å². The van der Waals surface area contributed by atoms with Gasteiger partial charge in [0.25, 0.3) is 5.91 Å². The van der Waals surface area contributed by atoms with E-state index in [1.807, 2.05) is 49.4 Å². The van der Waals surface area contributed by atoms with Gasteiger partial charge in [-0.2, -0.15) is 0 Å². The van der Waals surface area contributed by atoms with E-state index in [9.17, 15) is 19.5 Å². The van der Waals surface area contributed by atoms with Crippen molar-refractivity contribution in [3.63, 3.8) is 0 Å².